The number of fused-ring (bicyclic) bond motifs is 3. The Hall–Kier alpha value is -2.17. The van der Waals surface area contributed by atoms with Crippen molar-refractivity contribution < 1.29 is 19.0 Å². The van der Waals surface area contributed by atoms with Gasteiger partial charge < -0.3 is 28.6 Å². The van der Waals surface area contributed by atoms with Crippen LogP contribution in [0.1, 0.15) is 20.8 Å². The summed E-state index contributed by atoms with van der Waals surface area (Å²) in [6, 6.07) is 3.22. The molecule has 2 aromatic heterocycles. The number of morpholine rings is 1. The van der Waals surface area contributed by atoms with Gasteiger partial charge in [-0.05, 0) is 32.9 Å². The molecule has 1 amide bonds. The highest BCUT2D eigenvalue weighted by molar-refractivity contribution is 6.76. The van der Waals surface area contributed by atoms with Crippen LogP contribution in [0.5, 0.6) is 0 Å². The third kappa shape index (κ3) is 5.67. The van der Waals surface area contributed by atoms with E-state index >= 15 is 0 Å². The van der Waals surface area contributed by atoms with Gasteiger partial charge in [-0.2, -0.15) is 0 Å². The minimum atomic E-state index is -1.12. The zero-order chi connectivity index (χ0) is 23.8. The van der Waals surface area contributed by atoms with Crippen molar-refractivity contribution in [3.05, 3.63) is 18.6 Å². The Labute approximate surface area is 197 Å². The zero-order valence-electron chi connectivity index (χ0n) is 20.7. The number of amides is 1. The number of hydrogen-bond acceptors (Lipinski definition) is 7. The van der Waals surface area contributed by atoms with Crippen molar-refractivity contribution in [2.45, 2.75) is 70.9 Å². The lowest BCUT2D eigenvalue weighted by atomic mass is 10.0. The standard InChI is InChI=1S/C23H37N5O4Si/c1-23(2,3)32-22(29)27-11-17-13-31-14-18(12-27)28(17)21-19-7-8-26(20(19)24-15-25-21)16-30-9-10-33(4,5)6/h7-8,15,17-18H,9-14,16H2,1-6H3. The molecule has 2 saturated heterocycles. The number of ether oxygens (including phenoxy) is 3. The van der Waals surface area contributed by atoms with E-state index in [2.05, 4.69) is 40.6 Å². The SMILES string of the molecule is CC(C)(C)OC(=O)N1CC2COCC(C1)N2c1ncnc2c1ccn2COCC[Si](C)(C)C. The first-order chi connectivity index (χ1) is 15.5. The second-order valence-electron chi connectivity index (χ2n) is 11.2. The molecule has 4 rings (SSSR count). The third-order valence-corrected chi connectivity index (χ3v) is 7.63. The van der Waals surface area contributed by atoms with Crippen LogP contribution in [0.3, 0.4) is 0 Å². The van der Waals surface area contributed by atoms with Gasteiger partial charge in [-0.3, -0.25) is 0 Å². The van der Waals surface area contributed by atoms with Gasteiger partial charge in [0.25, 0.3) is 0 Å². The predicted octanol–water partition coefficient (Wildman–Crippen LogP) is 3.57. The van der Waals surface area contributed by atoms with Crippen LogP contribution in [-0.2, 0) is 20.9 Å². The van der Waals surface area contributed by atoms with Gasteiger partial charge in [-0.25, -0.2) is 14.8 Å². The Kier molecular flexibility index (Phi) is 6.70. The van der Waals surface area contributed by atoms with Crippen molar-refractivity contribution >= 4 is 31.0 Å². The highest BCUT2D eigenvalue weighted by Crippen LogP contribution is 2.32. The maximum Gasteiger partial charge on any atom is 0.410 e. The second kappa shape index (κ2) is 9.23. The zero-order valence-corrected chi connectivity index (χ0v) is 21.7. The Balaban J connectivity index is 1.51. The summed E-state index contributed by atoms with van der Waals surface area (Å²) in [5, 5.41) is 0.994. The van der Waals surface area contributed by atoms with Gasteiger partial charge in [0.1, 0.15) is 30.1 Å². The fourth-order valence-corrected chi connectivity index (χ4v) is 5.08. The summed E-state index contributed by atoms with van der Waals surface area (Å²) in [5.41, 5.74) is 0.347. The van der Waals surface area contributed by atoms with Gasteiger partial charge in [-0.1, -0.05) is 19.6 Å². The Morgan fingerprint density at radius 2 is 1.88 bits per heavy atom. The van der Waals surface area contributed by atoms with E-state index in [1.54, 1.807) is 11.2 Å². The van der Waals surface area contributed by atoms with Crippen LogP contribution in [0.2, 0.25) is 25.7 Å². The van der Waals surface area contributed by atoms with Crippen molar-refractivity contribution in [2.24, 2.45) is 0 Å². The fourth-order valence-electron chi connectivity index (χ4n) is 4.33. The molecule has 33 heavy (non-hydrogen) atoms. The number of anilines is 1. The number of carbonyl (C=O) groups is 1. The first kappa shape index (κ1) is 24.0. The maximum absolute atomic E-state index is 12.7. The Morgan fingerprint density at radius 3 is 2.52 bits per heavy atom. The van der Waals surface area contributed by atoms with Crippen molar-refractivity contribution in [1.29, 1.82) is 0 Å². The highest BCUT2D eigenvalue weighted by Gasteiger charge is 2.42. The number of nitrogens with zero attached hydrogens (tertiary/aromatic N) is 5. The molecule has 2 bridgehead atoms. The van der Waals surface area contributed by atoms with Gasteiger partial charge in [0, 0.05) is 34.0 Å². The molecule has 4 heterocycles. The van der Waals surface area contributed by atoms with Crippen LogP contribution in [-0.4, -0.2) is 84.2 Å². The summed E-state index contributed by atoms with van der Waals surface area (Å²) in [5.74, 6) is 0.892. The lowest BCUT2D eigenvalue weighted by Crippen LogP contribution is -2.66. The molecule has 0 spiro atoms. The van der Waals surface area contributed by atoms with Gasteiger partial charge >= 0.3 is 6.09 Å². The summed E-state index contributed by atoms with van der Waals surface area (Å²) in [7, 11) is -1.12. The third-order valence-electron chi connectivity index (χ3n) is 5.93. The molecule has 0 saturated carbocycles. The molecule has 2 unspecified atom stereocenters. The minimum absolute atomic E-state index is 0.0134. The van der Waals surface area contributed by atoms with Crippen molar-refractivity contribution in [1.82, 2.24) is 19.4 Å². The van der Waals surface area contributed by atoms with E-state index in [4.69, 9.17) is 14.2 Å². The fraction of sp³-hybridized carbons (Fsp3) is 0.696. The highest BCUT2D eigenvalue weighted by atomic mass is 28.3. The first-order valence-electron chi connectivity index (χ1n) is 11.7. The van der Waals surface area contributed by atoms with Crippen LogP contribution in [0.4, 0.5) is 10.6 Å². The minimum Gasteiger partial charge on any atom is -0.444 e. The van der Waals surface area contributed by atoms with Gasteiger partial charge in [0.2, 0.25) is 0 Å². The van der Waals surface area contributed by atoms with E-state index in [1.165, 1.54) is 0 Å². The predicted molar refractivity (Wildman–Crippen MR) is 130 cm³/mol. The van der Waals surface area contributed by atoms with Crippen molar-refractivity contribution in [3.8, 4) is 0 Å². The van der Waals surface area contributed by atoms with E-state index in [1.807, 2.05) is 31.5 Å². The molecule has 2 atom stereocenters. The molecule has 0 aliphatic carbocycles. The van der Waals surface area contributed by atoms with Crippen molar-refractivity contribution in [3.63, 3.8) is 0 Å². The summed E-state index contributed by atoms with van der Waals surface area (Å²) in [6.07, 6.45) is 3.36. The smallest absolute Gasteiger partial charge is 0.410 e. The van der Waals surface area contributed by atoms with Crippen LogP contribution in [0.25, 0.3) is 11.0 Å². The quantitative estimate of drug-likeness (QED) is 0.467. The van der Waals surface area contributed by atoms with E-state index in [-0.39, 0.29) is 18.2 Å². The molecule has 0 N–H and O–H groups in total. The molecule has 2 aliphatic rings. The normalized spacial score (nSPS) is 21.5. The number of aromatic nitrogens is 3. The lowest BCUT2D eigenvalue weighted by Gasteiger charge is -2.50. The molecule has 10 heteroatoms. The summed E-state index contributed by atoms with van der Waals surface area (Å²) >= 11 is 0. The molecule has 0 radical (unpaired) electrons. The average Bonchev–Trinajstić information content (AvgIpc) is 3.11. The van der Waals surface area contributed by atoms with Crippen molar-refractivity contribution in [2.75, 3.05) is 37.8 Å². The van der Waals surface area contributed by atoms with E-state index in [9.17, 15) is 4.79 Å². The van der Waals surface area contributed by atoms with Crippen LogP contribution >= 0.6 is 0 Å². The largest absolute Gasteiger partial charge is 0.444 e. The van der Waals surface area contributed by atoms with Crippen LogP contribution in [0.15, 0.2) is 18.6 Å². The molecule has 0 aromatic carbocycles. The lowest BCUT2D eigenvalue weighted by molar-refractivity contribution is -0.0106. The van der Waals surface area contributed by atoms with E-state index in [0.717, 1.165) is 29.5 Å². The number of rotatable bonds is 6. The first-order valence-corrected chi connectivity index (χ1v) is 15.4. The maximum atomic E-state index is 12.7. The van der Waals surface area contributed by atoms with E-state index in [0.29, 0.717) is 33.0 Å². The molecule has 2 aromatic rings. The average molecular weight is 476 g/mol. The van der Waals surface area contributed by atoms with E-state index < -0.39 is 13.7 Å². The molecule has 182 valence electrons. The van der Waals surface area contributed by atoms with Crippen LogP contribution in [0, 0.1) is 0 Å². The van der Waals surface area contributed by atoms with Crippen LogP contribution < -0.4 is 4.90 Å². The second-order valence-corrected chi connectivity index (χ2v) is 16.8. The Morgan fingerprint density at radius 1 is 1.18 bits per heavy atom. The molecular formula is C23H37N5O4Si. The number of carbonyl (C=O) groups excluding carboxylic acids is 1. The molecule has 9 nitrogen and oxygen atoms in total. The number of hydrogen-bond donors (Lipinski definition) is 0. The monoisotopic (exact) mass is 475 g/mol. The van der Waals surface area contributed by atoms with Gasteiger partial charge in [0.05, 0.1) is 30.7 Å². The molecular weight excluding hydrogens is 438 g/mol. The summed E-state index contributed by atoms with van der Waals surface area (Å²) < 4.78 is 19.4. The summed E-state index contributed by atoms with van der Waals surface area (Å²) in [4.78, 5) is 26.0. The Bertz CT molecular complexity index is 969. The van der Waals surface area contributed by atoms with Gasteiger partial charge in [0.15, 0.2) is 0 Å². The number of piperazine rings is 1. The molecule has 2 fully saturated rings. The molecule has 2 aliphatic heterocycles. The van der Waals surface area contributed by atoms with Gasteiger partial charge in [-0.15, -0.1) is 0 Å². The summed E-state index contributed by atoms with van der Waals surface area (Å²) in [6.45, 7) is 16.1. The topological polar surface area (TPSA) is 82.0 Å².